The first kappa shape index (κ1) is 25.9. The number of carbonyl (C=O) groups is 2. The van der Waals surface area contributed by atoms with Crippen molar-refractivity contribution in [2.45, 2.75) is 0 Å². The normalized spacial score (nSPS) is 10.7. The molecule has 10 nitrogen and oxygen atoms in total. The fourth-order valence-electron chi connectivity index (χ4n) is 3.05. The van der Waals surface area contributed by atoms with Gasteiger partial charge in [-0.2, -0.15) is 5.26 Å². The van der Waals surface area contributed by atoms with Gasteiger partial charge in [-0.1, -0.05) is 18.2 Å². The first-order chi connectivity index (χ1) is 17.3. The number of ether oxygens (including phenoxy) is 3. The molecule has 0 fully saturated rings. The van der Waals surface area contributed by atoms with E-state index in [0.717, 1.165) is 6.07 Å². The second-order valence-electron chi connectivity index (χ2n) is 7.05. The van der Waals surface area contributed by atoms with Gasteiger partial charge in [0.05, 0.1) is 35.2 Å². The third kappa shape index (κ3) is 6.05. The highest BCUT2D eigenvalue weighted by molar-refractivity contribution is 9.10. The number of anilines is 1. The number of rotatable bonds is 8. The monoisotopic (exact) mass is 551 g/mol. The molecule has 11 heteroatoms. The van der Waals surface area contributed by atoms with Crippen molar-refractivity contribution in [1.82, 2.24) is 0 Å². The molecule has 0 saturated heterocycles. The number of nitriles is 1. The Morgan fingerprint density at radius 1 is 1.08 bits per heavy atom. The molecule has 0 aliphatic heterocycles. The van der Waals surface area contributed by atoms with Crippen molar-refractivity contribution in [1.29, 1.82) is 5.26 Å². The lowest BCUT2D eigenvalue weighted by atomic mass is 10.1. The third-order valence-electron chi connectivity index (χ3n) is 4.78. The Morgan fingerprint density at radius 2 is 1.81 bits per heavy atom. The highest BCUT2D eigenvalue weighted by Crippen LogP contribution is 2.38. The molecule has 1 N–H and O–H groups in total. The number of amides is 1. The van der Waals surface area contributed by atoms with Crippen LogP contribution in [0, 0.1) is 21.4 Å². The van der Waals surface area contributed by atoms with Crippen LogP contribution >= 0.6 is 15.9 Å². The fraction of sp³-hybridized carbons (Fsp3) is 0.0800. The van der Waals surface area contributed by atoms with E-state index >= 15 is 0 Å². The smallest absolute Gasteiger partial charge is 0.343 e. The van der Waals surface area contributed by atoms with Gasteiger partial charge in [-0.05, 0) is 64.0 Å². The van der Waals surface area contributed by atoms with E-state index in [1.165, 1.54) is 44.6 Å². The fourth-order valence-corrected chi connectivity index (χ4v) is 3.59. The summed E-state index contributed by atoms with van der Waals surface area (Å²) in [6, 6.07) is 17.0. The average Bonchev–Trinajstić information content (AvgIpc) is 2.88. The van der Waals surface area contributed by atoms with Gasteiger partial charge in [-0.3, -0.25) is 14.9 Å². The number of nitro benzene ring substituents is 1. The van der Waals surface area contributed by atoms with Gasteiger partial charge in [0.15, 0.2) is 11.5 Å². The van der Waals surface area contributed by atoms with Crippen LogP contribution in [0.3, 0.4) is 0 Å². The summed E-state index contributed by atoms with van der Waals surface area (Å²) in [6.45, 7) is 0. The number of hydrogen-bond donors (Lipinski definition) is 1. The van der Waals surface area contributed by atoms with Gasteiger partial charge in [0, 0.05) is 0 Å². The Kier molecular flexibility index (Phi) is 8.38. The molecule has 0 aromatic heterocycles. The standard InChI is InChI=1S/C25H18BrN3O7/c1-34-18-8-9-20(21(13-18)29(32)33)28-24(30)17(14-27)10-15-11-19(26)23(22(12-15)35-2)36-25(31)16-6-4-3-5-7-16/h3-13H,1-2H3,(H,28,30)/b17-10+. The van der Waals surface area contributed by atoms with Crippen LogP contribution in [0.15, 0.2) is 70.7 Å². The van der Waals surface area contributed by atoms with Crippen molar-refractivity contribution < 1.29 is 28.7 Å². The van der Waals surface area contributed by atoms with Crippen LogP contribution < -0.4 is 19.5 Å². The minimum atomic E-state index is -0.861. The van der Waals surface area contributed by atoms with Crippen LogP contribution in [0.4, 0.5) is 11.4 Å². The number of carbonyl (C=O) groups excluding carboxylic acids is 2. The van der Waals surface area contributed by atoms with E-state index in [0.29, 0.717) is 15.6 Å². The zero-order valence-electron chi connectivity index (χ0n) is 19.0. The number of benzene rings is 3. The van der Waals surface area contributed by atoms with Crippen LogP contribution in [-0.2, 0) is 4.79 Å². The Balaban J connectivity index is 1.89. The van der Waals surface area contributed by atoms with Gasteiger partial charge in [-0.15, -0.1) is 0 Å². The molecular formula is C25H18BrN3O7. The van der Waals surface area contributed by atoms with Crippen LogP contribution in [0.1, 0.15) is 15.9 Å². The second kappa shape index (κ2) is 11.6. The Bertz CT molecular complexity index is 1400. The molecule has 182 valence electrons. The van der Waals surface area contributed by atoms with Gasteiger partial charge in [-0.25, -0.2) is 4.79 Å². The van der Waals surface area contributed by atoms with Gasteiger partial charge in [0.2, 0.25) is 0 Å². The lowest BCUT2D eigenvalue weighted by Crippen LogP contribution is -2.14. The number of halogens is 1. The summed E-state index contributed by atoms with van der Waals surface area (Å²) < 4.78 is 16.1. The van der Waals surface area contributed by atoms with Crippen molar-refractivity contribution in [3.63, 3.8) is 0 Å². The summed E-state index contributed by atoms with van der Waals surface area (Å²) in [7, 11) is 2.73. The molecule has 0 bridgehead atoms. The largest absolute Gasteiger partial charge is 0.496 e. The molecule has 0 spiro atoms. The van der Waals surface area contributed by atoms with Crippen molar-refractivity contribution >= 4 is 45.3 Å². The van der Waals surface area contributed by atoms with E-state index in [4.69, 9.17) is 14.2 Å². The topological polar surface area (TPSA) is 141 Å². The molecule has 0 unspecified atom stereocenters. The van der Waals surface area contributed by atoms with Gasteiger partial charge < -0.3 is 19.5 Å². The van der Waals surface area contributed by atoms with E-state index in [9.17, 15) is 25.0 Å². The molecule has 0 aliphatic rings. The predicted molar refractivity (Wildman–Crippen MR) is 134 cm³/mol. The maximum atomic E-state index is 12.7. The Hall–Kier alpha value is -4.69. The molecule has 3 rings (SSSR count). The summed E-state index contributed by atoms with van der Waals surface area (Å²) >= 11 is 3.32. The number of esters is 1. The van der Waals surface area contributed by atoms with Gasteiger partial charge >= 0.3 is 5.97 Å². The average molecular weight is 552 g/mol. The van der Waals surface area contributed by atoms with Crippen LogP contribution in [0.2, 0.25) is 0 Å². The number of methoxy groups -OCH3 is 2. The number of hydrogen-bond acceptors (Lipinski definition) is 8. The van der Waals surface area contributed by atoms with E-state index in [1.54, 1.807) is 36.4 Å². The van der Waals surface area contributed by atoms with Crippen molar-refractivity contribution in [2.24, 2.45) is 0 Å². The molecule has 0 saturated carbocycles. The van der Waals surface area contributed by atoms with Crippen LogP contribution in [0.5, 0.6) is 17.2 Å². The molecule has 36 heavy (non-hydrogen) atoms. The van der Waals surface area contributed by atoms with Crippen molar-refractivity contribution in [2.75, 3.05) is 19.5 Å². The summed E-state index contributed by atoms with van der Waals surface area (Å²) in [5, 5.41) is 23.3. The minimum Gasteiger partial charge on any atom is -0.496 e. The maximum Gasteiger partial charge on any atom is 0.343 e. The summed E-state index contributed by atoms with van der Waals surface area (Å²) in [4.78, 5) is 35.9. The summed E-state index contributed by atoms with van der Waals surface area (Å²) in [5.74, 6) is -0.944. The van der Waals surface area contributed by atoms with E-state index in [1.807, 2.05) is 0 Å². The molecule has 0 atom stereocenters. The zero-order valence-corrected chi connectivity index (χ0v) is 20.6. The molecule has 0 radical (unpaired) electrons. The molecule has 3 aromatic carbocycles. The molecule has 0 aliphatic carbocycles. The zero-order chi connectivity index (χ0) is 26.2. The first-order valence-electron chi connectivity index (χ1n) is 10.2. The predicted octanol–water partition coefficient (Wildman–Crippen LogP) is 5.14. The Morgan fingerprint density at radius 3 is 2.42 bits per heavy atom. The second-order valence-corrected chi connectivity index (χ2v) is 7.91. The van der Waals surface area contributed by atoms with E-state index in [-0.39, 0.29) is 28.5 Å². The molecular weight excluding hydrogens is 534 g/mol. The lowest BCUT2D eigenvalue weighted by Gasteiger charge is -2.12. The number of nitro groups is 1. The van der Waals surface area contributed by atoms with Gasteiger partial charge in [0.25, 0.3) is 11.6 Å². The first-order valence-corrected chi connectivity index (χ1v) is 11.0. The Labute approximate surface area is 214 Å². The quantitative estimate of drug-likeness (QED) is 0.101. The summed E-state index contributed by atoms with van der Waals surface area (Å²) in [5.41, 5.74) is -0.119. The number of nitrogens with zero attached hydrogens (tertiary/aromatic N) is 2. The van der Waals surface area contributed by atoms with E-state index < -0.39 is 22.5 Å². The molecule has 1 amide bonds. The highest BCUT2D eigenvalue weighted by atomic mass is 79.9. The SMILES string of the molecule is COc1ccc(NC(=O)/C(C#N)=C/c2cc(Br)c(OC(=O)c3ccccc3)c(OC)c2)c([N+](=O)[O-])c1. The maximum absolute atomic E-state index is 12.7. The highest BCUT2D eigenvalue weighted by Gasteiger charge is 2.20. The number of nitrogens with one attached hydrogen (secondary N) is 1. The van der Waals surface area contributed by atoms with E-state index in [2.05, 4.69) is 21.2 Å². The van der Waals surface area contributed by atoms with Crippen LogP contribution in [-0.4, -0.2) is 31.0 Å². The minimum absolute atomic E-state index is 0.103. The van der Waals surface area contributed by atoms with Crippen molar-refractivity contribution in [3.8, 4) is 23.3 Å². The molecule has 3 aromatic rings. The van der Waals surface area contributed by atoms with Crippen LogP contribution in [0.25, 0.3) is 6.08 Å². The summed E-state index contributed by atoms with van der Waals surface area (Å²) in [6.07, 6.45) is 1.26. The lowest BCUT2D eigenvalue weighted by molar-refractivity contribution is -0.384. The third-order valence-corrected chi connectivity index (χ3v) is 5.37. The molecule has 0 heterocycles. The van der Waals surface area contributed by atoms with Crippen molar-refractivity contribution in [3.05, 3.63) is 92.0 Å². The van der Waals surface area contributed by atoms with Gasteiger partial charge in [0.1, 0.15) is 23.1 Å².